The zero-order valence-corrected chi connectivity index (χ0v) is 20.3. The number of hydrogen-bond acceptors (Lipinski definition) is 5. The first-order chi connectivity index (χ1) is 15.9. The molecule has 1 heterocycles. The molecule has 0 aliphatic heterocycles. The van der Waals surface area contributed by atoms with E-state index in [2.05, 4.69) is 29.7 Å². The number of nitrogens with zero attached hydrogens (tertiary/aromatic N) is 2. The maximum Gasteiger partial charge on any atom is 0.203 e. The number of benzene rings is 2. The molecule has 3 aromatic rings. The molecule has 0 fully saturated rings. The molecule has 0 bridgehead atoms. The minimum Gasteiger partial charge on any atom is -0.493 e. The van der Waals surface area contributed by atoms with Crippen molar-refractivity contribution in [2.45, 2.75) is 26.3 Å². The molecule has 0 N–H and O–H groups in total. The van der Waals surface area contributed by atoms with Gasteiger partial charge in [-0.2, -0.15) is 0 Å². The van der Waals surface area contributed by atoms with Crippen LogP contribution in [0.4, 0.5) is 0 Å². The van der Waals surface area contributed by atoms with E-state index in [-0.39, 0.29) is 5.78 Å². The molecular formula is C27H34N2O4. The minimum absolute atomic E-state index is 0.0911. The van der Waals surface area contributed by atoms with Crippen LogP contribution in [0, 0.1) is 6.92 Å². The van der Waals surface area contributed by atoms with Gasteiger partial charge in [-0.1, -0.05) is 24.3 Å². The molecule has 3 rings (SSSR count). The van der Waals surface area contributed by atoms with Gasteiger partial charge in [0.25, 0.3) is 0 Å². The predicted molar refractivity (Wildman–Crippen MR) is 134 cm³/mol. The van der Waals surface area contributed by atoms with E-state index in [1.807, 2.05) is 43.3 Å². The highest BCUT2D eigenvalue weighted by Gasteiger charge is 2.14. The lowest BCUT2D eigenvalue weighted by Gasteiger charge is -2.16. The number of allylic oxidation sites excluding steroid dienone is 1. The van der Waals surface area contributed by atoms with E-state index < -0.39 is 0 Å². The Bertz CT molecular complexity index is 1090. The fourth-order valence-corrected chi connectivity index (χ4v) is 3.80. The second kappa shape index (κ2) is 11.6. The van der Waals surface area contributed by atoms with E-state index in [0.717, 1.165) is 25.1 Å². The molecule has 0 atom stereocenters. The largest absolute Gasteiger partial charge is 0.493 e. The Hall–Kier alpha value is -3.25. The van der Waals surface area contributed by atoms with Gasteiger partial charge in [0.15, 0.2) is 17.3 Å². The lowest BCUT2D eigenvalue weighted by molar-refractivity contribution is -0.114. The van der Waals surface area contributed by atoms with Gasteiger partial charge in [0.05, 0.1) is 14.2 Å². The molecule has 0 saturated carbocycles. The summed E-state index contributed by atoms with van der Waals surface area (Å²) in [5.74, 6) is 1.82. The van der Waals surface area contributed by atoms with Crippen molar-refractivity contribution in [3.8, 4) is 17.2 Å². The molecule has 0 saturated heterocycles. The van der Waals surface area contributed by atoms with Crippen LogP contribution in [0.5, 0.6) is 17.2 Å². The van der Waals surface area contributed by atoms with Gasteiger partial charge >= 0.3 is 0 Å². The van der Waals surface area contributed by atoms with Gasteiger partial charge in [0, 0.05) is 30.7 Å². The normalized spacial score (nSPS) is 11.5. The fraction of sp³-hybridized carbons (Fsp3) is 0.370. The number of likely N-dealkylation sites (N-methyl/N-ethyl adjacent to an activating group) is 1. The number of aromatic nitrogens is 1. The van der Waals surface area contributed by atoms with Crippen molar-refractivity contribution in [2.75, 3.05) is 41.5 Å². The standard InChI is InChI=1S/C27H34N2O4/c1-20-17-22-9-6-7-11-24(22)29(20)14-8-10-23(30)13-12-21-18-25(31-4)27(26(19-21)32-5)33-16-15-28(2)3/h6-7,9,11-13,17-19H,8,10,14-16H2,1-5H3/b13-12+. The molecule has 0 amide bonds. The highest BCUT2D eigenvalue weighted by Crippen LogP contribution is 2.39. The summed E-state index contributed by atoms with van der Waals surface area (Å²) in [5.41, 5.74) is 3.25. The summed E-state index contributed by atoms with van der Waals surface area (Å²) in [7, 11) is 7.17. The minimum atomic E-state index is 0.0911. The van der Waals surface area contributed by atoms with Gasteiger partial charge in [0.1, 0.15) is 6.61 Å². The number of aryl methyl sites for hydroxylation is 2. The summed E-state index contributed by atoms with van der Waals surface area (Å²) in [6.07, 6.45) is 4.70. The van der Waals surface area contributed by atoms with Gasteiger partial charge in [-0.3, -0.25) is 4.79 Å². The van der Waals surface area contributed by atoms with Crippen LogP contribution < -0.4 is 14.2 Å². The van der Waals surface area contributed by atoms with Gasteiger partial charge in [-0.15, -0.1) is 0 Å². The highest BCUT2D eigenvalue weighted by atomic mass is 16.5. The van der Waals surface area contributed by atoms with Crippen molar-refractivity contribution < 1.29 is 19.0 Å². The zero-order valence-electron chi connectivity index (χ0n) is 20.3. The van der Waals surface area contributed by atoms with Crippen molar-refractivity contribution in [2.24, 2.45) is 0 Å². The monoisotopic (exact) mass is 450 g/mol. The molecule has 1 aromatic heterocycles. The number of para-hydroxylation sites is 1. The van der Waals surface area contributed by atoms with E-state index in [1.165, 1.54) is 16.6 Å². The number of carbonyl (C=O) groups excluding carboxylic acids is 1. The average Bonchev–Trinajstić information content (AvgIpc) is 3.12. The Labute approximate surface area is 196 Å². The molecule has 0 aliphatic carbocycles. The van der Waals surface area contributed by atoms with Crippen molar-refractivity contribution in [3.05, 3.63) is 59.8 Å². The molecule has 33 heavy (non-hydrogen) atoms. The van der Waals surface area contributed by atoms with Crippen molar-refractivity contribution in [1.29, 1.82) is 0 Å². The van der Waals surface area contributed by atoms with E-state index in [4.69, 9.17) is 14.2 Å². The van der Waals surface area contributed by atoms with Crippen LogP contribution in [0.2, 0.25) is 0 Å². The number of rotatable bonds is 12. The number of ketones is 1. The van der Waals surface area contributed by atoms with E-state index >= 15 is 0 Å². The summed E-state index contributed by atoms with van der Waals surface area (Å²) in [4.78, 5) is 14.5. The van der Waals surface area contributed by atoms with Crippen LogP contribution in [0.15, 0.2) is 48.5 Å². The second-order valence-electron chi connectivity index (χ2n) is 8.31. The van der Waals surface area contributed by atoms with Crippen LogP contribution >= 0.6 is 0 Å². The Morgan fingerprint density at radius 3 is 2.42 bits per heavy atom. The van der Waals surface area contributed by atoms with Crippen molar-refractivity contribution in [1.82, 2.24) is 9.47 Å². The topological polar surface area (TPSA) is 52.9 Å². The van der Waals surface area contributed by atoms with Crippen LogP contribution in [-0.2, 0) is 11.3 Å². The van der Waals surface area contributed by atoms with E-state index in [1.54, 1.807) is 26.4 Å². The molecule has 176 valence electrons. The van der Waals surface area contributed by atoms with Crippen LogP contribution in [-0.4, -0.2) is 56.7 Å². The lowest BCUT2D eigenvalue weighted by Crippen LogP contribution is -2.19. The van der Waals surface area contributed by atoms with Gasteiger partial charge in [-0.25, -0.2) is 0 Å². The Morgan fingerprint density at radius 2 is 1.76 bits per heavy atom. The SMILES string of the molecule is COc1cc(/C=C/C(=O)CCCn2c(C)cc3ccccc32)cc(OC)c1OCCN(C)C. The first kappa shape index (κ1) is 24.4. The van der Waals surface area contributed by atoms with Gasteiger partial charge in [-0.05, 0) is 68.7 Å². The third-order valence-corrected chi connectivity index (χ3v) is 5.55. The summed E-state index contributed by atoms with van der Waals surface area (Å²) in [6, 6.07) is 14.2. The smallest absolute Gasteiger partial charge is 0.203 e. The molecule has 0 spiro atoms. The van der Waals surface area contributed by atoms with Crippen LogP contribution in [0.1, 0.15) is 24.1 Å². The van der Waals surface area contributed by atoms with Crippen LogP contribution in [0.25, 0.3) is 17.0 Å². The molecule has 0 aliphatic rings. The quantitative estimate of drug-likeness (QED) is 0.365. The van der Waals surface area contributed by atoms with Gasteiger partial charge < -0.3 is 23.7 Å². The molecule has 6 heteroatoms. The Morgan fingerprint density at radius 1 is 1.06 bits per heavy atom. The summed E-state index contributed by atoms with van der Waals surface area (Å²) < 4.78 is 19.2. The third kappa shape index (κ3) is 6.39. The summed E-state index contributed by atoms with van der Waals surface area (Å²) in [6.45, 7) is 4.22. The average molecular weight is 451 g/mol. The molecule has 6 nitrogen and oxygen atoms in total. The predicted octanol–water partition coefficient (Wildman–Crippen LogP) is 4.97. The first-order valence-corrected chi connectivity index (χ1v) is 11.2. The Balaban J connectivity index is 1.62. The Kier molecular flexibility index (Phi) is 8.55. The molecule has 2 aromatic carbocycles. The number of fused-ring (bicyclic) bond motifs is 1. The summed E-state index contributed by atoms with van der Waals surface area (Å²) in [5, 5.41) is 1.23. The number of methoxy groups -OCH3 is 2. The number of carbonyl (C=O) groups is 1. The maximum absolute atomic E-state index is 12.5. The maximum atomic E-state index is 12.5. The summed E-state index contributed by atoms with van der Waals surface area (Å²) >= 11 is 0. The van der Waals surface area contributed by atoms with E-state index in [0.29, 0.717) is 30.3 Å². The lowest BCUT2D eigenvalue weighted by atomic mass is 10.1. The second-order valence-corrected chi connectivity index (χ2v) is 8.31. The third-order valence-electron chi connectivity index (χ3n) is 5.55. The number of hydrogen-bond donors (Lipinski definition) is 0. The van der Waals surface area contributed by atoms with Crippen molar-refractivity contribution >= 4 is 22.8 Å². The molecule has 0 radical (unpaired) electrons. The first-order valence-electron chi connectivity index (χ1n) is 11.2. The van der Waals surface area contributed by atoms with Crippen molar-refractivity contribution in [3.63, 3.8) is 0 Å². The van der Waals surface area contributed by atoms with Crippen LogP contribution in [0.3, 0.4) is 0 Å². The molecule has 0 unspecified atom stereocenters. The fourth-order valence-electron chi connectivity index (χ4n) is 3.80. The highest BCUT2D eigenvalue weighted by molar-refractivity contribution is 5.93. The number of ether oxygens (including phenoxy) is 3. The zero-order chi connectivity index (χ0) is 23.8. The van der Waals surface area contributed by atoms with Gasteiger partial charge in [0.2, 0.25) is 5.75 Å². The van der Waals surface area contributed by atoms with E-state index in [9.17, 15) is 4.79 Å². The molecular weight excluding hydrogens is 416 g/mol.